The van der Waals surface area contributed by atoms with Crippen LogP contribution in [0.1, 0.15) is 30.4 Å². The third-order valence-electron chi connectivity index (χ3n) is 3.41. The van der Waals surface area contributed by atoms with E-state index in [1.165, 1.54) is 12.0 Å². The molecule has 1 aromatic carbocycles. The summed E-state index contributed by atoms with van der Waals surface area (Å²) < 4.78 is 0. The van der Waals surface area contributed by atoms with E-state index in [4.69, 9.17) is 5.11 Å². The Kier molecular flexibility index (Phi) is 4.29. The van der Waals surface area contributed by atoms with E-state index in [0.29, 0.717) is 0 Å². The van der Waals surface area contributed by atoms with Gasteiger partial charge in [0.05, 0.1) is 12.6 Å². The van der Waals surface area contributed by atoms with Crippen LogP contribution in [0.3, 0.4) is 0 Å². The molecule has 1 saturated heterocycles. The largest absolute Gasteiger partial charge is 0.392 e. The van der Waals surface area contributed by atoms with Gasteiger partial charge in [-0.25, -0.2) is 0 Å². The number of hydrogen-bond acceptors (Lipinski definition) is 3. The molecule has 1 aliphatic heterocycles. The fraction of sp³-hybridized carbons (Fsp3) is 0.500. The molecular weight excluding hydrogens is 214 g/mol. The van der Waals surface area contributed by atoms with Crippen LogP contribution in [0.15, 0.2) is 24.3 Å². The van der Waals surface area contributed by atoms with Gasteiger partial charge in [-0.2, -0.15) is 0 Å². The van der Waals surface area contributed by atoms with Crippen LogP contribution in [0.4, 0.5) is 0 Å². The molecule has 17 heavy (non-hydrogen) atoms. The zero-order valence-electron chi connectivity index (χ0n) is 10.0. The highest BCUT2D eigenvalue weighted by atomic mass is 16.3. The first kappa shape index (κ1) is 12.3. The zero-order valence-corrected chi connectivity index (χ0v) is 10.0. The SMILES string of the molecule is O=CC1CCCCN1Cc1ccc(CO)cc1. The number of aldehydes is 1. The van der Waals surface area contributed by atoms with Gasteiger partial charge in [-0.1, -0.05) is 30.7 Å². The van der Waals surface area contributed by atoms with E-state index in [9.17, 15) is 4.79 Å². The molecule has 0 spiro atoms. The molecule has 2 rings (SSSR count). The number of rotatable bonds is 4. The van der Waals surface area contributed by atoms with Gasteiger partial charge in [0.1, 0.15) is 6.29 Å². The summed E-state index contributed by atoms with van der Waals surface area (Å²) in [7, 11) is 0. The Bertz CT molecular complexity index is 361. The molecule has 1 heterocycles. The van der Waals surface area contributed by atoms with Crippen molar-refractivity contribution < 1.29 is 9.90 Å². The topological polar surface area (TPSA) is 40.5 Å². The molecule has 3 heteroatoms. The van der Waals surface area contributed by atoms with Crippen molar-refractivity contribution in [1.82, 2.24) is 4.90 Å². The minimum absolute atomic E-state index is 0.0843. The predicted octanol–water partition coefficient (Wildman–Crippen LogP) is 1.73. The van der Waals surface area contributed by atoms with E-state index < -0.39 is 0 Å². The second kappa shape index (κ2) is 5.94. The quantitative estimate of drug-likeness (QED) is 0.805. The maximum atomic E-state index is 11.0. The van der Waals surface area contributed by atoms with E-state index >= 15 is 0 Å². The second-order valence-corrected chi connectivity index (χ2v) is 4.64. The van der Waals surface area contributed by atoms with Crippen LogP contribution in [-0.2, 0) is 17.9 Å². The molecular formula is C14H19NO2. The van der Waals surface area contributed by atoms with Gasteiger partial charge in [0.2, 0.25) is 0 Å². The molecule has 0 bridgehead atoms. The van der Waals surface area contributed by atoms with Crippen molar-refractivity contribution in [2.45, 2.75) is 38.5 Å². The minimum atomic E-state index is 0.0843. The average molecular weight is 233 g/mol. The van der Waals surface area contributed by atoms with Gasteiger partial charge in [-0.05, 0) is 30.5 Å². The Morgan fingerprint density at radius 3 is 2.59 bits per heavy atom. The maximum Gasteiger partial charge on any atom is 0.137 e. The van der Waals surface area contributed by atoms with Crippen LogP contribution >= 0.6 is 0 Å². The van der Waals surface area contributed by atoms with E-state index in [1.807, 2.05) is 24.3 Å². The lowest BCUT2D eigenvalue weighted by atomic mass is 10.0. The summed E-state index contributed by atoms with van der Waals surface area (Å²) in [6.07, 6.45) is 4.39. The molecule has 0 saturated carbocycles. The van der Waals surface area contributed by atoms with Crippen molar-refractivity contribution in [2.75, 3.05) is 6.54 Å². The van der Waals surface area contributed by atoms with Crippen LogP contribution < -0.4 is 0 Å². The third-order valence-corrected chi connectivity index (χ3v) is 3.41. The lowest BCUT2D eigenvalue weighted by Gasteiger charge is -2.32. The Hall–Kier alpha value is -1.19. The molecule has 92 valence electrons. The minimum Gasteiger partial charge on any atom is -0.392 e. The van der Waals surface area contributed by atoms with Crippen LogP contribution in [-0.4, -0.2) is 28.9 Å². The number of piperidine rings is 1. The Balaban J connectivity index is 2.00. The average Bonchev–Trinajstić information content (AvgIpc) is 2.40. The molecule has 1 unspecified atom stereocenters. The van der Waals surface area contributed by atoms with Crippen LogP contribution in [0, 0.1) is 0 Å². The van der Waals surface area contributed by atoms with Gasteiger partial charge >= 0.3 is 0 Å². The van der Waals surface area contributed by atoms with Crippen molar-refractivity contribution in [1.29, 1.82) is 0 Å². The van der Waals surface area contributed by atoms with Gasteiger partial charge in [0, 0.05) is 6.54 Å². The maximum absolute atomic E-state index is 11.0. The summed E-state index contributed by atoms with van der Waals surface area (Å²) in [4.78, 5) is 13.2. The Labute approximate surface area is 102 Å². The second-order valence-electron chi connectivity index (χ2n) is 4.64. The van der Waals surface area contributed by atoms with E-state index in [1.54, 1.807) is 0 Å². The Morgan fingerprint density at radius 1 is 1.24 bits per heavy atom. The van der Waals surface area contributed by atoms with E-state index in [-0.39, 0.29) is 12.6 Å². The van der Waals surface area contributed by atoms with Crippen molar-refractivity contribution in [3.8, 4) is 0 Å². The molecule has 1 atom stereocenters. The molecule has 3 nitrogen and oxygen atoms in total. The van der Waals surface area contributed by atoms with E-state index in [0.717, 1.165) is 37.8 Å². The van der Waals surface area contributed by atoms with Crippen molar-refractivity contribution in [2.24, 2.45) is 0 Å². The van der Waals surface area contributed by atoms with Crippen LogP contribution in [0.5, 0.6) is 0 Å². The number of carbonyl (C=O) groups is 1. The summed E-state index contributed by atoms with van der Waals surface area (Å²) in [5, 5.41) is 8.97. The fourth-order valence-corrected chi connectivity index (χ4v) is 2.35. The first-order valence-electron chi connectivity index (χ1n) is 6.21. The monoisotopic (exact) mass is 233 g/mol. The first-order valence-corrected chi connectivity index (χ1v) is 6.21. The molecule has 1 N–H and O–H groups in total. The normalized spacial score (nSPS) is 21.4. The zero-order chi connectivity index (χ0) is 12.1. The van der Waals surface area contributed by atoms with Crippen molar-refractivity contribution in [3.05, 3.63) is 35.4 Å². The molecule has 1 fully saturated rings. The van der Waals surface area contributed by atoms with Gasteiger partial charge in [0.15, 0.2) is 0 Å². The Morgan fingerprint density at radius 2 is 1.94 bits per heavy atom. The number of hydrogen-bond donors (Lipinski definition) is 1. The summed E-state index contributed by atoms with van der Waals surface area (Å²) in [6.45, 7) is 1.92. The molecule has 0 aliphatic carbocycles. The summed E-state index contributed by atoms with van der Waals surface area (Å²) in [6, 6.07) is 8.02. The lowest BCUT2D eigenvalue weighted by molar-refractivity contribution is -0.113. The highest BCUT2D eigenvalue weighted by Crippen LogP contribution is 2.18. The number of aliphatic hydroxyl groups excluding tert-OH is 1. The summed E-state index contributed by atoms with van der Waals surface area (Å²) in [5.41, 5.74) is 2.13. The highest BCUT2D eigenvalue weighted by Gasteiger charge is 2.21. The van der Waals surface area contributed by atoms with Gasteiger partial charge in [-0.3, -0.25) is 4.90 Å². The van der Waals surface area contributed by atoms with Gasteiger partial charge < -0.3 is 9.90 Å². The number of benzene rings is 1. The van der Waals surface area contributed by atoms with Crippen molar-refractivity contribution >= 4 is 6.29 Å². The van der Waals surface area contributed by atoms with Crippen molar-refractivity contribution in [3.63, 3.8) is 0 Å². The third kappa shape index (κ3) is 3.14. The van der Waals surface area contributed by atoms with Gasteiger partial charge in [0.25, 0.3) is 0 Å². The number of nitrogens with zero attached hydrogens (tertiary/aromatic N) is 1. The number of aliphatic hydroxyl groups is 1. The number of likely N-dealkylation sites (tertiary alicyclic amines) is 1. The predicted molar refractivity (Wildman–Crippen MR) is 66.5 cm³/mol. The smallest absolute Gasteiger partial charge is 0.137 e. The highest BCUT2D eigenvalue weighted by molar-refractivity contribution is 5.57. The molecule has 0 aromatic heterocycles. The molecule has 0 radical (unpaired) electrons. The van der Waals surface area contributed by atoms with Gasteiger partial charge in [-0.15, -0.1) is 0 Å². The molecule has 1 aliphatic rings. The fourth-order valence-electron chi connectivity index (χ4n) is 2.35. The van der Waals surface area contributed by atoms with E-state index in [2.05, 4.69) is 4.90 Å². The van der Waals surface area contributed by atoms with Crippen LogP contribution in [0.25, 0.3) is 0 Å². The van der Waals surface area contributed by atoms with Crippen LogP contribution in [0.2, 0.25) is 0 Å². The molecule has 0 amide bonds. The summed E-state index contributed by atoms with van der Waals surface area (Å²) >= 11 is 0. The number of carbonyl (C=O) groups excluding carboxylic acids is 1. The lowest BCUT2D eigenvalue weighted by Crippen LogP contribution is -2.39. The molecule has 1 aromatic rings. The summed E-state index contributed by atoms with van der Waals surface area (Å²) in [5.74, 6) is 0. The first-order chi connectivity index (χ1) is 8.33. The standard InChI is InChI=1S/C14H19NO2/c16-10-13-6-4-12(5-7-13)9-15-8-2-1-3-14(15)11-17/h4-7,11,14,16H,1-3,8-10H2.